The third-order valence-corrected chi connectivity index (χ3v) is 3.90. The smallest absolute Gasteiger partial charge is 0.399 e. The quantitative estimate of drug-likeness (QED) is 0.777. The van der Waals surface area contributed by atoms with Crippen molar-refractivity contribution in [3.63, 3.8) is 0 Å². The van der Waals surface area contributed by atoms with Crippen molar-refractivity contribution in [2.45, 2.75) is 45.3 Å². The fraction of sp³-hybridized carbons (Fsp3) is 0.615. The Morgan fingerprint density at radius 3 is 2.37 bits per heavy atom. The first-order valence-corrected chi connectivity index (χ1v) is 6.47. The van der Waals surface area contributed by atoms with E-state index in [0.717, 1.165) is 11.2 Å². The molecule has 0 amide bonds. The van der Waals surface area contributed by atoms with E-state index in [1.165, 1.54) is 0 Å². The van der Waals surface area contributed by atoms with Crippen molar-refractivity contribution in [3.8, 4) is 0 Å². The molecule has 1 saturated heterocycles. The molecule has 0 radical (unpaired) electrons. The van der Waals surface area contributed by atoms with E-state index >= 15 is 0 Å². The number of aliphatic hydroxyl groups is 1. The monoisotopic (exact) mass is 264 g/mol. The second-order valence-corrected chi connectivity index (χ2v) is 5.87. The van der Waals surface area contributed by atoms with Gasteiger partial charge >= 0.3 is 7.12 Å². The molecule has 0 spiro atoms. The molecule has 5 nitrogen and oxygen atoms in total. The first-order chi connectivity index (χ1) is 8.77. The van der Waals surface area contributed by atoms with Gasteiger partial charge in [0.1, 0.15) is 0 Å². The van der Waals surface area contributed by atoms with Gasteiger partial charge in [-0.3, -0.25) is 4.98 Å². The molecule has 3 N–H and O–H groups in total. The van der Waals surface area contributed by atoms with Crippen molar-refractivity contribution in [2.24, 2.45) is 0 Å². The predicted octanol–water partition coefficient (Wildman–Crippen LogP) is 0.498. The van der Waals surface area contributed by atoms with Crippen LogP contribution in [0, 0.1) is 0 Å². The zero-order chi connectivity index (χ0) is 14.3. The summed E-state index contributed by atoms with van der Waals surface area (Å²) in [7, 11) is -0.495. The Labute approximate surface area is 114 Å². The molecule has 2 heterocycles. The zero-order valence-corrected chi connectivity index (χ0v) is 11.9. The van der Waals surface area contributed by atoms with E-state index in [1.807, 2.05) is 33.8 Å². The summed E-state index contributed by atoms with van der Waals surface area (Å²) in [6.45, 7) is 8.05. The highest BCUT2D eigenvalue weighted by Crippen LogP contribution is 2.36. The molecule has 0 aliphatic carbocycles. The van der Waals surface area contributed by atoms with Crippen molar-refractivity contribution in [2.75, 3.05) is 12.3 Å². The van der Waals surface area contributed by atoms with Crippen molar-refractivity contribution >= 4 is 18.3 Å². The highest BCUT2D eigenvalue weighted by Gasteiger charge is 2.52. The summed E-state index contributed by atoms with van der Waals surface area (Å²) in [6.07, 6.45) is 2.08. The molecule has 19 heavy (non-hydrogen) atoms. The maximum atomic E-state index is 8.98. The average Bonchev–Trinajstić information content (AvgIpc) is 2.51. The van der Waals surface area contributed by atoms with Crippen LogP contribution >= 0.6 is 0 Å². The molecule has 0 saturated carbocycles. The second kappa shape index (κ2) is 4.78. The Bertz CT molecular complexity index is 461. The van der Waals surface area contributed by atoms with Gasteiger partial charge in [0, 0.05) is 36.1 Å². The summed E-state index contributed by atoms with van der Waals surface area (Å²) < 4.78 is 11.9. The molecule has 1 aliphatic rings. The molecule has 0 atom stereocenters. The fourth-order valence-corrected chi connectivity index (χ4v) is 1.95. The van der Waals surface area contributed by atoms with Gasteiger partial charge in [0.15, 0.2) is 0 Å². The van der Waals surface area contributed by atoms with E-state index in [4.69, 9.17) is 20.1 Å². The van der Waals surface area contributed by atoms with Gasteiger partial charge in [-0.15, -0.1) is 0 Å². The van der Waals surface area contributed by atoms with Gasteiger partial charge in [0.05, 0.1) is 11.2 Å². The molecule has 0 aromatic carbocycles. The number of rotatable bonds is 3. The first-order valence-electron chi connectivity index (χ1n) is 6.47. The van der Waals surface area contributed by atoms with E-state index in [9.17, 15) is 0 Å². The van der Waals surface area contributed by atoms with Gasteiger partial charge in [-0.25, -0.2) is 0 Å². The van der Waals surface area contributed by atoms with Crippen LogP contribution in [-0.2, 0) is 15.7 Å². The van der Waals surface area contributed by atoms with E-state index < -0.39 is 18.3 Å². The van der Waals surface area contributed by atoms with E-state index in [0.29, 0.717) is 12.1 Å². The lowest BCUT2D eigenvalue weighted by atomic mass is 9.78. The van der Waals surface area contributed by atoms with Crippen LogP contribution in [0.2, 0.25) is 0 Å². The Kier molecular flexibility index (Phi) is 3.60. The van der Waals surface area contributed by atoms with Crippen LogP contribution in [0.3, 0.4) is 0 Å². The second-order valence-electron chi connectivity index (χ2n) is 5.87. The van der Waals surface area contributed by atoms with Gasteiger partial charge in [-0.05, 0) is 33.8 Å². The molecule has 1 fully saturated rings. The summed E-state index contributed by atoms with van der Waals surface area (Å²) in [5, 5.41) is 8.98. The summed E-state index contributed by atoms with van der Waals surface area (Å²) >= 11 is 0. The Morgan fingerprint density at radius 2 is 1.84 bits per heavy atom. The molecule has 2 rings (SSSR count). The number of aliphatic hydroxyl groups excluding tert-OH is 1. The maximum Gasteiger partial charge on any atom is 0.497 e. The van der Waals surface area contributed by atoms with Crippen LogP contribution in [0.25, 0.3) is 0 Å². The van der Waals surface area contributed by atoms with Gasteiger partial charge in [0.2, 0.25) is 0 Å². The summed E-state index contributed by atoms with van der Waals surface area (Å²) in [5.74, 6) is 0. The minimum Gasteiger partial charge on any atom is -0.399 e. The number of pyridine rings is 1. The lowest BCUT2D eigenvalue weighted by Gasteiger charge is -2.32. The SMILES string of the molecule is CC1(C)OB(c2cc(CCO)ncc2N)OC1(C)C. The minimum absolute atomic E-state index is 0.0553. The van der Waals surface area contributed by atoms with Crippen LogP contribution in [0.1, 0.15) is 33.4 Å². The van der Waals surface area contributed by atoms with Crippen molar-refractivity contribution in [1.29, 1.82) is 0 Å². The van der Waals surface area contributed by atoms with Crippen LogP contribution in [-0.4, -0.2) is 35.0 Å². The number of hydrogen-bond acceptors (Lipinski definition) is 5. The lowest BCUT2D eigenvalue weighted by molar-refractivity contribution is 0.00578. The highest BCUT2D eigenvalue weighted by atomic mass is 16.7. The predicted molar refractivity (Wildman–Crippen MR) is 75.2 cm³/mol. The number of hydrogen-bond donors (Lipinski definition) is 2. The standard InChI is InChI=1S/C13H21BN2O3/c1-12(2)13(3,4)19-14(18-12)10-7-9(5-6-17)16-8-11(10)15/h7-8,17H,5-6,15H2,1-4H3. The highest BCUT2D eigenvalue weighted by molar-refractivity contribution is 6.63. The van der Waals surface area contributed by atoms with Crippen LogP contribution < -0.4 is 11.2 Å². The molecule has 0 bridgehead atoms. The summed E-state index contributed by atoms with van der Waals surface area (Å²) in [6, 6.07) is 1.84. The maximum absolute atomic E-state index is 8.98. The topological polar surface area (TPSA) is 77.6 Å². The Morgan fingerprint density at radius 1 is 1.26 bits per heavy atom. The molecular formula is C13H21BN2O3. The first kappa shape index (κ1) is 14.3. The third kappa shape index (κ3) is 2.61. The molecule has 1 aromatic rings. The van der Waals surface area contributed by atoms with Crippen LogP contribution in [0.5, 0.6) is 0 Å². The number of nitrogens with zero attached hydrogens (tertiary/aromatic N) is 1. The van der Waals surface area contributed by atoms with E-state index in [2.05, 4.69) is 4.98 Å². The number of aromatic nitrogens is 1. The van der Waals surface area contributed by atoms with Crippen molar-refractivity contribution < 1.29 is 14.4 Å². The Hall–Kier alpha value is -1.11. The Balaban J connectivity index is 2.31. The van der Waals surface area contributed by atoms with Crippen molar-refractivity contribution in [1.82, 2.24) is 4.98 Å². The van der Waals surface area contributed by atoms with Crippen molar-refractivity contribution in [3.05, 3.63) is 18.0 Å². The molecule has 1 aromatic heterocycles. The van der Waals surface area contributed by atoms with Gasteiger partial charge in [-0.1, -0.05) is 0 Å². The minimum atomic E-state index is -0.495. The molecular weight excluding hydrogens is 243 g/mol. The summed E-state index contributed by atoms with van der Waals surface area (Å²) in [4.78, 5) is 4.18. The van der Waals surface area contributed by atoms with Crippen LogP contribution in [0.15, 0.2) is 12.3 Å². The van der Waals surface area contributed by atoms with E-state index in [1.54, 1.807) is 6.20 Å². The van der Waals surface area contributed by atoms with E-state index in [-0.39, 0.29) is 6.61 Å². The molecule has 6 heteroatoms. The third-order valence-electron chi connectivity index (χ3n) is 3.90. The number of nitrogens with two attached hydrogens (primary N) is 1. The van der Waals surface area contributed by atoms with Gasteiger partial charge in [-0.2, -0.15) is 0 Å². The fourth-order valence-electron chi connectivity index (χ4n) is 1.95. The molecule has 1 aliphatic heterocycles. The molecule has 104 valence electrons. The lowest BCUT2D eigenvalue weighted by Crippen LogP contribution is -2.41. The van der Waals surface area contributed by atoms with Crippen LogP contribution in [0.4, 0.5) is 5.69 Å². The number of nitrogen functional groups attached to an aromatic ring is 1. The van der Waals surface area contributed by atoms with Gasteiger partial charge < -0.3 is 20.1 Å². The average molecular weight is 264 g/mol. The zero-order valence-electron chi connectivity index (χ0n) is 11.9. The van der Waals surface area contributed by atoms with Gasteiger partial charge in [0.25, 0.3) is 0 Å². The normalized spacial score (nSPS) is 20.8. The number of anilines is 1. The molecule has 0 unspecified atom stereocenters. The summed E-state index contributed by atoms with van der Waals surface area (Å²) in [5.41, 5.74) is 7.26. The largest absolute Gasteiger partial charge is 0.497 e.